The van der Waals surface area contributed by atoms with Crippen molar-refractivity contribution in [1.29, 1.82) is 0 Å². The number of amides is 1. The molecule has 0 saturated carbocycles. The van der Waals surface area contributed by atoms with Gasteiger partial charge in [0.25, 0.3) is 5.91 Å². The molecular weight excluding hydrogens is 383 g/mol. The molecule has 2 fully saturated rings. The molecule has 0 aliphatic carbocycles. The van der Waals surface area contributed by atoms with Crippen LogP contribution in [0.2, 0.25) is 0 Å². The highest BCUT2D eigenvalue weighted by molar-refractivity contribution is 14.1. The number of nitrogens with zero attached hydrogens (tertiary/aromatic N) is 2. The Hall–Kier alpha value is -1.44. The summed E-state index contributed by atoms with van der Waals surface area (Å²) in [5, 5.41) is 9.41. The lowest BCUT2D eigenvalue weighted by Gasteiger charge is -2.40. The number of carboxylic acid groups (broad SMARTS) is 1. The zero-order chi connectivity index (χ0) is 15.4. The van der Waals surface area contributed by atoms with Crippen LogP contribution < -0.4 is 0 Å². The van der Waals surface area contributed by atoms with Gasteiger partial charge in [0.1, 0.15) is 6.04 Å². The molecule has 2 aliphatic heterocycles. The standard InChI is InChI=1S/C15H15IN2O3/c1-15(2)7-9-10(11(16)8-5-3-4-6-17-8)13(19)18(9)12(15)14(20)21/h3-6,9,12H,7H2,1-2H3,(H,20,21)/b11-10-/t9?,12-/m0/s1. The topological polar surface area (TPSA) is 70.5 Å². The molecule has 2 saturated heterocycles. The van der Waals surface area contributed by atoms with Crippen LogP contribution in [0.15, 0.2) is 30.0 Å². The Bertz CT molecular complexity index is 654. The zero-order valence-corrected chi connectivity index (χ0v) is 13.9. The predicted molar refractivity (Wildman–Crippen MR) is 85.6 cm³/mol. The van der Waals surface area contributed by atoms with Gasteiger partial charge >= 0.3 is 5.97 Å². The van der Waals surface area contributed by atoms with Crippen LogP contribution in [0.5, 0.6) is 0 Å². The molecule has 0 bridgehead atoms. The molecule has 1 unspecified atom stereocenters. The number of halogens is 1. The fourth-order valence-corrected chi connectivity index (χ4v) is 4.21. The van der Waals surface area contributed by atoms with Gasteiger partial charge in [-0.05, 0) is 46.6 Å². The largest absolute Gasteiger partial charge is 0.480 e. The Kier molecular flexibility index (Phi) is 3.31. The van der Waals surface area contributed by atoms with Gasteiger partial charge in [-0.3, -0.25) is 9.78 Å². The highest BCUT2D eigenvalue weighted by Crippen LogP contribution is 2.51. The van der Waals surface area contributed by atoms with Crippen molar-refractivity contribution in [1.82, 2.24) is 9.88 Å². The third kappa shape index (κ3) is 2.07. The van der Waals surface area contributed by atoms with E-state index in [1.165, 1.54) is 4.90 Å². The minimum Gasteiger partial charge on any atom is -0.480 e. The Balaban J connectivity index is 2.01. The van der Waals surface area contributed by atoms with Crippen LogP contribution in [0.4, 0.5) is 0 Å². The van der Waals surface area contributed by atoms with E-state index < -0.39 is 17.4 Å². The lowest BCUT2D eigenvalue weighted by Crippen LogP contribution is -2.58. The number of pyridine rings is 1. The molecule has 1 aromatic rings. The van der Waals surface area contributed by atoms with E-state index in [2.05, 4.69) is 27.6 Å². The van der Waals surface area contributed by atoms with Crippen molar-refractivity contribution in [2.24, 2.45) is 5.41 Å². The number of hydrogen-bond acceptors (Lipinski definition) is 3. The average Bonchev–Trinajstić information content (AvgIpc) is 2.68. The summed E-state index contributed by atoms with van der Waals surface area (Å²) in [7, 11) is 0. The van der Waals surface area contributed by atoms with E-state index in [9.17, 15) is 14.7 Å². The van der Waals surface area contributed by atoms with E-state index in [1.807, 2.05) is 32.0 Å². The first kappa shape index (κ1) is 14.5. The number of β-lactam (4-membered cyclic amide) rings is 1. The molecule has 1 aromatic heterocycles. The van der Waals surface area contributed by atoms with Gasteiger partial charge in [0.05, 0.1) is 17.3 Å². The molecule has 3 heterocycles. The van der Waals surface area contributed by atoms with Crippen molar-refractivity contribution >= 4 is 38.0 Å². The number of aliphatic carboxylic acids is 1. The molecule has 1 amide bonds. The highest BCUT2D eigenvalue weighted by Gasteiger charge is 2.61. The lowest BCUT2D eigenvalue weighted by molar-refractivity contribution is -0.154. The quantitative estimate of drug-likeness (QED) is 0.472. The second-order valence-electron chi connectivity index (χ2n) is 6.10. The van der Waals surface area contributed by atoms with E-state index >= 15 is 0 Å². The monoisotopic (exact) mass is 398 g/mol. The number of carboxylic acids is 1. The maximum absolute atomic E-state index is 12.4. The Morgan fingerprint density at radius 1 is 1.48 bits per heavy atom. The summed E-state index contributed by atoms with van der Waals surface area (Å²) in [5.41, 5.74) is 1.04. The highest BCUT2D eigenvalue weighted by atomic mass is 127. The number of fused-ring (bicyclic) bond motifs is 1. The zero-order valence-electron chi connectivity index (χ0n) is 11.7. The van der Waals surface area contributed by atoms with E-state index in [0.717, 1.165) is 9.27 Å². The minimum absolute atomic E-state index is 0.109. The van der Waals surface area contributed by atoms with E-state index in [1.54, 1.807) is 6.20 Å². The fraction of sp³-hybridized carbons (Fsp3) is 0.400. The van der Waals surface area contributed by atoms with Gasteiger partial charge in [0.2, 0.25) is 0 Å². The number of aromatic nitrogens is 1. The first-order chi connectivity index (χ1) is 9.84. The maximum Gasteiger partial charge on any atom is 0.327 e. The second kappa shape index (κ2) is 4.79. The molecule has 110 valence electrons. The van der Waals surface area contributed by atoms with Crippen molar-refractivity contribution in [3.8, 4) is 0 Å². The van der Waals surface area contributed by atoms with E-state index in [4.69, 9.17) is 0 Å². The summed E-state index contributed by atoms with van der Waals surface area (Å²) in [4.78, 5) is 29.7. The van der Waals surface area contributed by atoms with Crippen molar-refractivity contribution in [2.45, 2.75) is 32.4 Å². The van der Waals surface area contributed by atoms with Crippen molar-refractivity contribution in [2.75, 3.05) is 0 Å². The van der Waals surface area contributed by atoms with Crippen LogP contribution in [0.1, 0.15) is 26.0 Å². The van der Waals surface area contributed by atoms with Gasteiger partial charge in [-0.1, -0.05) is 19.9 Å². The normalized spacial score (nSPS) is 28.9. The number of hydrogen-bond donors (Lipinski definition) is 1. The van der Waals surface area contributed by atoms with Crippen molar-refractivity contribution in [3.05, 3.63) is 35.7 Å². The van der Waals surface area contributed by atoms with Gasteiger partial charge in [0, 0.05) is 9.78 Å². The molecule has 3 rings (SSSR count). The van der Waals surface area contributed by atoms with Gasteiger partial charge in [-0.2, -0.15) is 0 Å². The molecule has 1 N–H and O–H groups in total. The number of carbonyl (C=O) groups excluding carboxylic acids is 1. The molecule has 0 radical (unpaired) electrons. The Labute approximate surface area is 136 Å². The van der Waals surface area contributed by atoms with Gasteiger partial charge in [-0.15, -0.1) is 0 Å². The summed E-state index contributed by atoms with van der Waals surface area (Å²) < 4.78 is 0.821. The van der Waals surface area contributed by atoms with Crippen molar-refractivity contribution in [3.63, 3.8) is 0 Å². The van der Waals surface area contributed by atoms with Crippen LogP contribution in [-0.2, 0) is 9.59 Å². The second-order valence-corrected chi connectivity index (χ2v) is 7.18. The molecule has 2 aliphatic rings. The first-order valence-electron chi connectivity index (χ1n) is 6.71. The molecular formula is C15H15IN2O3. The average molecular weight is 398 g/mol. The smallest absolute Gasteiger partial charge is 0.327 e. The lowest BCUT2D eigenvalue weighted by atomic mass is 9.83. The maximum atomic E-state index is 12.4. The molecule has 0 spiro atoms. The van der Waals surface area contributed by atoms with Crippen LogP contribution in [0, 0.1) is 5.41 Å². The van der Waals surface area contributed by atoms with E-state index in [-0.39, 0.29) is 11.9 Å². The summed E-state index contributed by atoms with van der Waals surface area (Å²) in [6.07, 6.45) is 2.36. The summed E-state index contributed by atoms with van der Waals surface area (Å²) in [5.74, 6) is -1.10. The molecule has 0 aromatic carbocycles. The predicted octanol–water partition coefficient (Wildman–Crippen LogP) is 2.32. The SMILES string of the molecule is CC1(C)CC2/C(=C(/I)c3ccccn3)C(=O)N2[C@H]1C(=O)O. The summed E-state index contributed by atoms with van der Waals surface area (Å²) >= 11 is 2.13. The van der Waals surface area contributed by atoms with Crippen LogP contribution in [0.3, 0.4) is 0 Å². The van der Waals surface area contributed by atoms with Gasteiger partial charge in [0.15, 0.2) is 0 Å². The molecule has 6 heteroatoms. The minimum atomic E-state index is -0.928. The number of carbonyl (C=O) groups is 2. The third-order valence-electron chi connectivity index (χ3n) is 4.23. The summed E-state index contributed by atoms with van der Waals surface area (Å²) in [6.45, 7) is 3.81. The van der Waals surface area contributed by atoms with Gasteiger partial charge in [-0.25, -0.2) is 4.79 Å². The summed E-state index contributed by atoms with van der Waals surface area (Å²) in [6, 6.07) is 4.71. The van der Waals surface area contributed by atoms with Gasteiger partial charge < -0.3 is 10.0 Å². The first-order valence-corrected chi connectivity index (χ1v) is 7.79. The third-order valence-corrected chi connectivity index (χ3v) is 5.37. The number of rotatable bonds is 2. The Morgan fingerprint density at radius 3 is 2.76 bits per heavy atom. The molecule has 5 nitrogen and oxygen atoms in total. The van der Waals surface area contributed by atoms with Crippen LogP contribution >= 0.6 is 22.6 Å². The van der Waals surface area contributed by atoms with E-state index in [0.29, 0.717) is 12.0 Å². The molecule has 21 heavy (non-hydrogen) atoms. The van der Waals surface area contributed by atoms with Crippen molar-refractivity contribution < 1.29 is 14.7 Å². The Morgan fingerprint density at radius 2 is 2.19 bits per heavy atom. The van der Waals surface area contributed by atoms with Crippen LogP contribution in [0.25, 0.3) is 3.58 Å². The molecule has 2 atom stereocenters. The fourth-order valence-electron chi connectivity index (χ4n) is 3.30. The van der Waals surface area contributed by atoms with Crippen LogP contribution in [-0.4, -0.2) is 39.0 Å².